The number of allylic oxidation sites excluding steroid dienone is 4. The van der Waals surface area contributed by atoms with Gasteiger partial charge in [-0.05, 0) is 5.41 Å². The number of hydrogen-bond donors (Lipinski definition) is 0. The summed E-state index contributed by atoms with van der Waals surface area (Å²) in [7, 11) is 0. The molecule has 0 saturated heterocycles. The van der Waals surface area contributed by atoms with Crippen LogP contribution < -0.4 is 0 Å². The average Bonchev–Trinajstić information content (AvgIpc) is 2.08. The second-order valence-electron chi connectivity index (χ2n) is 3.45. The molecule has 0 radical (unpaired) electrons. The standard InChI is InChI=1S/C9H13.Zr/c1-9(2,3)8-6-4-5-7-8;/h4,6H,5H2,1-3H3;/q-1;+2. The number of hydrogen-bond acceptors (Lipinski definition) is 0. The van der Waals surface area contributed by atoms with Gasteiger partial charge in [0.1, 0.15) is 0 Å². The van der Waals surface area contributed by atoms with Crippen LogP contribution in [0.15, 0.2) is 17.7 Å². The first-order valence-corrected chi connectivity index (χ1v) is 3.38. The van der Waals surface area contributed by atoms with Gasteiger partial charge in [-0.15, -0.1) is 6.42 Å². The predicted octanol–water partition coefficient (Wildman–Crippen LogP) is 2.72. The Kier molecular flexibility index (Phi) is 3.80. The summed E-state index contributed by atoms with van der Waals surface area (Å²) in [6.45, 7) is 6.64. The van der Waals surface area contributed by atoms with E-state index < -0.39 is 0 Å². The average molecular weight is 212 g/mol. The van der Waals surface area contributed by atoms with Crippen molar-refractivity contribution in [1.29, 1.82) is 0 Å². The van der Waals surface area contributed by atoms with Gasteiger partial charge in [0, 0.05) is 0 Å². The van der Waals surface area contributed by atoms with Crippen molar-refractivity contribution in [2.24, 2.45) is 5.41 Å². The van der Waals surface area contributed by atoms with Gasteiger partial charge in [0.05, 0.1) is 0 Å². The van der Waals surface area contributed by atoms with Crippen LogP contribution in [0.25, 0.3) is 0 Å². The number of rotatable bonds is 0. The molecule has 0 aromatic heterocycles. The van der Waals surface area contributed by atoms with Crippen LogP contribution in [-0.2, 0) is 26.2 Å². The van der Waals surface area contributed by atoms with Crippen molar-refractivity contribution < 1.29 is 26.2 Å². The molecule has 0 aliphatic heterocycles. The van der Waals surface area contributed by atoms with Gasteiger partial charge in [-0.25, -0.2) is 11.6 Å². The van der Waals surface area contributed by atoms with Crippen LogP contribution in [0.5, 0.6) is 0 Å². The molecule has 0 unspecified atom stereocenters. The van der Waals surface area contributed by atoms with Crippen LogP contribution in [0.1, 0.15) is 27.2 Å². The van der Waals surface area contributed by atoms with Crippen LogP contribution in [0.2, 0.25) is 0 Å². The fraction of sp³-hybridized carbons (Fsp3) is 0.556. The molecule has 1 rings (SSSR count). The van der Waals surface area contributed by atoms with Crippen LogP contribution in [-0.4, -0.2) is 0 Å². The Hall–Kier alpha value is 0.363. The molecule has 0 atom stereocenters. The van der Waals surface area contributed by atoms with Gasteiger partial charge >= 0.3 is 26.2 Å². The van der Waals surface area contributed by atoms with Gasteiger partial charge in [0.2, 0.25) is 0 Å². The third-order valence-electron chi connectivity index (χ3n) is 1.50. The molecule has 0 aromatic rings. The van der Waals surface area contributed by atoms with Gasteiger partial charge in [0.25, 0.3) is 0 Å². The molecule has 0 saturated carbocycles. The zero-order valence-corrected chi connectivity index (χ0v) is 9.32. The molecule has 1 aliphatic rings. The van der Waals surface area contributed by atoms with E-state index in [1.165, 1.54) is 5.57 Å². The van der Waals surface area contributed by atoms with Crippen molar-refractivity contribution in [3.8, 4) is 0 Å². The first-order chi connectivity index (χ1) is 4.11. The Bertz CT molecular complexity index is 158. The fourth-order valence-corrected chi connectivity index (χ4v) is 0.920. The van der Waals surface area contributed by atoms with Crippen molar-refractivity contribution in [2.75, 3.05) is 0 Å². The molecule has 0 nitrogen and oxygen atoms in total. The van der Waals surface area contributed by atoms with Crippen LogP contribution in [0.4, 0.5) is 0 Å². The van der Waals surface area contributed by atoms with Gasteiger partial charge in [-0.1, -0.05) is 20.8 Å². The van der Waals surface area contributed by atoms with E-state index in [-0.39, 0.29) is 26.2 Å². The minimum Gasteiger partial charge on any atom is -0.269 e. The normalized spacial score (nSPS) is 16.5. The fourth-order valence-electron chi connectivity index (χ4n) is 0.920. The first kappa shape index (κ1) is 10.4. The van der Waals surface area contributed by atoms with Crippen molar-refractivity contribution >= 4 is 0 Å². The van der Waals surface area contributed by atoms with E-state index in [4.69, 9.17) is 0 Å². The summed E-state index contributed by atoms with van der Waals surface area (Å²) in [6, 6.07) is 0. The minimum absolute atomic E-state index is 0. The second kappa shape index (κ2) is 3.67. The Morgan fingerprint density at radius 3 is 2.20 bits per heavy atom. The van der Waals surface area contributed by atoms with E-state index in [0.29, 0.717) is 5.41 Å². The molecule has 52 valence electrons. The van der Waals surface area contributed by atoms with E-state index in [1.807, 2.05) is 0 Å². The molecule has 0 heterocycles. The largest absolute Gasteiger partial charge is 2.00 e. The van der Waals surface area contributed by atoms with Crippen LogP contribution >= 0.6 is 0 Å². The van der Waals surface area contributed by atoms with E-state index >= 15 is 0 Å². The SMILES string of the molecule is CC(C)(C)C1=[C-]CC=C1.[Zr+2]. The Labute approximate surface area is 82.5 Å². The summed E-state index contributed by atoms with van der Waals surface area (Å²) < 4.78 is 0. The Morgan fingerprint density at radius 2 is 2.00 bits per heavy atom. The van der Waals surface area contributed by atoms with E-state index in [1.54, 1.807) is 0 Å². The summed E-state index contributed by atoms with van der Waals surface area (Å²) >= 11 is 0. The van der Waals surface area contributed by atoms with Gasteiger partial charge in [-0.3, -0.25) is 6.08 Å². The van der Waals surface area contributed by atoms with Crippen molar-refractivity contribution in [2.45, 2.75) is 27.2 Å². The van der Waals surface area contributed by atoms with Crippen LogP contribution in [0.3, 0.4) is 0 Å². The zero-order chi connectivity index (χ0) is 6.91. The van der Waals surface area contributed by atoms with Crippen molar-refractivity contribution in [3.05, 3.63) is 23.8 Å². The minimum atomic E-state index is 0. The summed E-state index contributed by atoms with van der Waals surface area (Å²) in [5, 5.41) is 0. The van der Waals surface area contributed by atoms with Crippen molar-refractivity contribution in [3.63, 3.8) is 0 Å². The molecule has 10 heavy (non-hydrogen) atoms. The van der Waals surface area contributed by atoms with Gasteiger partial charge in [-0.2, -0.15) is 6.08 Å². The van der Waals surface area contributed by atoms with E-state index in [2.05, 4.69) is 39.0 Å². The van der Waals surface area contributed by atoms with Gasteiger partial charge in [0.15, 0.2) is 0 Å². The Balaban J connectivity index is 0.000000810. The molecule has 0 N–H and O–H groups in total. The summed E-state index contributed by atoms with van der Waals surface area (Å²) in [5.74, 6) is 0. The smallest absolute Gasteiger partial charge is 0.269 e. The Morgan fingerprint density at radius 1 is 1.40 bits per heavy atom. The molecular weight excluding hydrogens is 199 g/mol. The van der Waals surface area contributed by atoms with Crippen LogP contribution in [0, 0.1) is 11.5 Å². The van der Waals surface area contributed by atoms with Crippen molar-refractivity contribution in [1.82, 2.24) is 0 Å². The maximum atomic E-state index is 3.30. The van der Waals surface area contributed by atoms with E-state index in [9.17, 15) is 0 Å². The second-order valence-corrected chi connectivity index (χ2v) is 3.45. The first-order valence-electron chi connectivity index (χ1n) is 3.38. The summed E-state index contributed by atoms with van der Waals surface area (Å²) in [5.41, 5.74) is 1.65. The van der Waals surface area contributed by atoms with Gasteiger partial charge < -0.3 is 0 Å². The molecule has 0 bridgehead atoms. The molecule has 0 spiro atoms. The molecule has 0 amide bonds. The topological polar surface area (TPSA) is 0 Å². The zero-order valence-electron chi connectivity index (χ0n) is 6.86. The molecule has 0 aromatic carbocycles. The maximum absolute atomic E-state index is 3.30. The van der Waals surface area contributed by atoms with E-state index in [0.717, 1.165) is 6.42 Å². The summed E-state index contributed by atoms with van der Waals surface area (Å²) in [4.78, 5) is 0. The molecular formula is C9H13Zr+. The predicted molar refractivity (Wildman–Crippen MR) is 40.0 cm³/mol. The monoisotopic (exact) mass is 211 g/mol. The third-order valence-corrected chi connectivity index (χ3v) is 1.50. The molecule has 0 fully saturated rings. The molecule has 1 heteroatoms. The summed E-state index contributed by atoms with van der Waals surface area (Å²) in [6.07, 6.45) is 8.63. The molecule has 1 aliphatic carbocycles. The maximum Gasteiger partial charge on any atom is 2.00 e. The quantitative estimate of drug-likeness (QED) is 0.542. The third kappa shape index (κ3) is 2.54.